The van der Waals surface area contributed by atoms with Gasteiger partial charge in [-0.05, 0) is 5.56 Å². The van der Waals surface area contributed by atoms with Crippen LogP contribution in [0.2, 0.25) is 5.15 Å². The zero-order chi connectivity index (χ0) is 11.4. The number of hydrogen-bond donors (Lipinski definition) is 1. The van der Waals surface area contributed by atoms with Crippen LogP contribution in [0.3, 0.4) is 0 Å². The molecule has 0 saturated carbocycles. The number of nitrogens with two attached hydrogens (primary N) is 1. The number of halogens is 1. The zero-order valence-electron chi connectivity index (χ0n) is 8.43. The molecule has 0 aliphatic heterocycles. The van der Waals surface area contributed by atoms with Crippen LogP contribution in [-0.4, -0.2) is 9.97 Å². The molecular weight excluding hydrogens is 226 g/mol. The number of hydrogen-bond acceptors (Lipinski definition) is 4. The summed E-state index contributed by atoms with van der Waals surface area (Å²) in [4.78, 5) is 7.79. The van der Waals surface area contributed by atoms with Crippen molar-refractivity contribution in [1.82, 2.24) is 9.97 Å². The minimum Gasteiger partial charge on any atom is -0.470 e. The molecule has 0 spiro atoms. The van der Waals surface area contributed by atoms with Crippen LogP contribution in [0.25, 0.3) is 0 Å². The van der Waals surface area contributed by atoms with Crippen molar-refractivity contribution < 1.29 is 4.74 Å². The summed E-state index contributed by atoms with van der Waals surface area (Å²) in [5.74, 6) is 0.497. The fourth-order valence-electron chi connectivity index (χ4n) is 1.19. The van der Waals surface area contributed by atoms with E-state index >= 15 is 0 Å². The van der Waals surface area contributed by atoms with Crippen molar-refractivity contribution >= 4 is 17.4 Å². The van der Waals surface area contributed by atoms with Gasteiger partial charge in [0.2, 0.25) is 0 Å². The SMILES string of the molecule is Nc1ncc(Cl)nc1OCc1ccccc1. The topological polar surface area (TPSA) is 61.0 Å². The molecule has 2 rings (SSSR count). The molecule has 1 aromatic heterocycles. The van der Waals surface area contributed by atoms with Crippen molar-refractivity contribution in [3.8, 4) is 5.88 Å². The average molecular weight is 236 g/mol. The van der Waals surface area contributed by atoms with Crippen molar-refractivity contribution in [2.45, 2.75) is 6.61 Å². The molecular formula is C11H10ClN3O. The Morgan fingerprint density at radius 3 is 2.75 bits per heavy atom. The Labute approximate surface area is 98.0 Å². The molecule has 0 amide bonds. The number of nitrogen functional groups attached to an aromatic ring is 1. The lowest BCUT2D eigenvalue weighted by Gasteiger charge is -2.06. The van der Waals surface area contributed by atoms with Crippen LogP contribution in [0, 0.1) is 0 Å². The first kappa shape index (κ1) is 10.7. The quantitative estimate of drug-likeness (QED) is 0.887. The van der Waals surface area contributed by atoms with Crippen LogP contribution in [0.4, 0.5) is 5.82 Å². The van der Waals surface area contributed by atoms with Gasteiger partial charge in [0.15, 0.2) is 11.0 Å². The zero-order valence-corrected chi connectivity index (χ0v) is 9.19. The van der Waals surface area contributed by atoms with Crippen LogP contribution in [0.15, 0.2) is 36.5 Å². The third-order valence-electron chi connectivity index (χ3n) is 1.96. The first-order valence-corrected chi connectivity index (χ1v) is 5.08. The molecule has 4 nitrogen and oxygen atoms in total. The maximum Gasteiger partial charge on any atom is 0.258 e. The second-order valence-electron chi connectivity index (χ2n) is 3.16. The molecule has 2 N–H and O–H groups in total. The van der Waals surface area contributed by atoms with Gasteiger partial charge in [0, 0.05) is 0 Å². The lowest BCUT2D eigenvalue weighted by molar-refractivity contribution is 0.294. The molecule has 5 heteroatoms. The molecule has 16 heavy (non-hydrogen) atoms. The van der Waals surface area contributed by atoms with Crippen molar-refractivity contribution in [2.75, 3.05) is 5.73 Å². The summed E-state index contributed by atoms with van der Waals surface area (Å²) < 4.78 is 5.42. The van der Waals surface area contributed by atoms with Crippen molar-refractivity contribution in [2.24, 2.45) is 0 Å². The molecule has 0 bridgehead atoms. The molecule has 0 saturated heterocycles. The summed E-state index contributed by atoms with van der Waals surface area (Å²) in [6.07, 6.45) is 1.38. The third kappa shape index (κ3) is 2.61. The first-order chi connectivity index (χ1) is 7.75. The van der Waals surface area contributed by atoms with Gasteiger partial charge in [0.25, 0.3) is 5.88 Å². The molecule has 2 aromatic rings. The molecule has 0 unspecified atom stereocenters. The molecule has 0 aliphatic carbocycles. The Morgan fingerprint density at radius 1 is 1.25 bits per heavy atom. The van der Waals surface area contributed by atoms with Gasteiger partial charge >= 0.3 is 0 Å². The standard InChI is InChI=1S/C11H10ClN3O/c12-9-6-14-10(13)11(15-9)16-7-8-4-2-1-3-5-8/h1-6H,7H2,(H2,13,14). The minimum absolute atomic E-state index is 0.236. The van der Waals surface area contributed by atoms with E-state index in [9.17, 15) is 0 Å². The van der Waals surface area contributed by atoms with E-state index in [1.54, 1.807) is 0 Å². The summed E-state index contributed by atoms with van der Waals surface area (Å²) in [5, 5.41) is 0.261. The van der Waals surface area contributed by atoms with Crippen molar-refractivity contribution in [3.05, 3.63) is 47.2 Å². The Balaban J connectivity index is 2.08. The number of anilines is 1. The molecule has 0 radical (unpaired) electrons. The largest absolute Gasteiger partial charge is 0.470 e. The van der Waals surface area contributed by atoms with E-state index in [0.29, 0.717) is 6.61 Å². The predicted octanol–water partition coefficient (Wildman–Crippen LogP) is 2.29. The second-order valence-corrected chi connectivity index (χ2v) is 3.54. The van der Waals surface area contributed by atoms with Crippen LogP contribution < -0.4 is 10.5 Å². The third-order valence-corrected chi connectivity index (χ3v) is 2.14. The monoisotopic (exact) mass is 235 g/mol. The minimum atomic E-state index is 0.236. The fraction of sp³-hybridized carbons (Fsp3) is 0.0909. The van der Waals surface area contributed by atoms with Crippen LogP contribution in [0.1, 0.15) is 5.56 Å². The lowest BCUT2D eigenvalue weighted by atomic mass is 10.2. The highest BCUT2D eigenvalue weighted by Crippen LogP contribution is 2.18. The van der Waals surface area contributed by atoms with Crippen LogP contribution in [0.5, 0.6) is 5.88 Å². The Hall–Kier alpha value is -1.81. The molecule has 1 heterocycles. The molecule has 0 aliphatic rings. The van der Waals surface area contributed by atoms with Gasteiger partial charge in [0.05, 0.1) is 6.20 Å². The number of aromatic nitrogens is 2. The maximum atomic E-state index is 5.69. The van der Waals surface area contributed by atoms with E-state index < -0.39 is 0 Å². The highest BCUT2D eigenvalue weighted by Gasteiger charge is 2.04. The lowest BCUT2D eigenvalue weighted by Crippen LogP contribution is -2.02. The van der Waals surface area contributed by atoms with E-state index in [4.69, 9.17) is 22.1 Å². The number of rotatable bonds is 3. The van der Waals surface area contributed by atoms with E-state index in [1.807, 2.05) is 30.3 Å². The average Bonchev–Trinajstić information content (AvgIpc) is 2.32. The van der Waals surface area contributed by atoms with E-state index in [-0.39, 0.29) is 16.9 Å². The number of benzene rings is 1. The van der Waals surface area contributed by atoms with Gasteiger partial charge in [-0.25, -0.2) is 4.98 Å². The van der Waals surface area contributed by atoms with Crippen LogP contribution in [-0.2, 0) is 6.61 Å². The van der Waals surface area contributed by atoms with Gasteiger partial charge < -0.3 is 10.5 Å². The summed E-state index contributed by atoms with van der Waals surface area (Å²) in [5.41, 5.74) is 6.63. The highest BCUT2D eigenvalue weighted by molar-refractivity contribution is 6.29. The molecule has 0 fully saturated rings. The second kappa shape index (κ2) is 4.81. The maximum absolute atomic E-state index is 5.69. The van der Waals surface area contributed by atoms with Crippen molar-refractivity contribution in [1.29, 1.82) is 0 Å². The summed E-state index contributed by atoms with van der Waals surface area (Å²) in [6, 6.07) is 9.72. The summed E-state index contributed by atoms with van der Waals surface area (Å²) >= 11 is 5.69. The Bertz CT molecular complexity index is 476. The Morgan fingerprint density at radius 2 is 2.00 bits per heavy atom. The van der Waals surface area contributed by atoms with Gasteiger partial charge in [0.1, 0.15) is 6.61 Å². The van der Waals surface area contributed by atoms with E-state index in [2.05, 4.69) is 9.97 Å². The van der Waals surface area contributed by atoms with E-state index in [1.165, 1.54) is 6.20 Å². The smallest absolute Gasteiger partial charge is 0.258 e. The van der Waals surface area contributed by atoms with Crippen LogP contribution >= 0.6 is 11.6 Å². The number of nitrogens with zero attached hydrogens (tertiary/aromatic N) is 2. The fourth-order valence-corrected chi connectivity index (χ4v) is 1.32. The van der Waals surface area contributed by atoms with Gasteiger partial charge in [-0.2, -0.15) is 4.98 Å². The van der Waals surface area contributed by atoms with Crippen molar-refractivity contribution in [3.63, 3.8) is 0 Å². The summed E-state index contributed by atoms with van der Waals surface area (Å²) in [7, 11) is 0. The van der Waals surface area contributed by atoms with Gasteiger partial charge in [-0.3, -0.25) is 0 Å². The van der Waals surface area contributed by atoms with Gasteiger partial charge in [-0.15, -0.1) is 0 Å². The van der Waals surface area contributed by atoms with Gasteiger partial charge in [-0.1, -0.05) is 41.9 Å². The normalized spacial score (nSPS) is 10.1. The summed E-state index contributed by atoms with van der Waals surface area (Å²) in [6.45, 7) is 0.389. The molecule has 1 aromatic carbocycles. The highest BCUT2D eigenvalue weighted by atomic mass is 35.5. The molecule has 0 atom stereocenters. The first-order valence-electron chi connectivity index (χ1n) is 4.70. The van der Waals surface area contributed by atoms with E-state index in [0.717, 1.165) is 5.56 Å². The predicted molar refractivity (Wildman–Crippen MR) is 62.2 cm³/mol. The Kier molecular flexibility index (Phi) is 3.22. The number of ether oxygens (including phenoxy) is 1. The molecule has 82 valence electrons.